The zero-order valence-electron chi connectivity index (χ0n) is 18.8. The van der Waals surface area contributed by atoms with Crippen molar-refractivity contribution in [3.63, 3.8) is 0 Å². The lowest BCUT2D eigenvalue weighted by molar-refractivity contribution is -0.122. The number of nitriles is 1. The summed E-state index contributed by atoms with van der Waals surface area (Å²) < 4.78 is 0. The van der Waals surface area contributed by atoms with E-state index in [1.165, 1.54) is 42.6 Å². The number of hydrogen-bond donors (Lipinski definition) is 1. The first kappa shape index (κ1) is 22.6. The predicted octanol–water partition coefficient (Wildman–Crippen LogP) is 4.18. The number of hydrogen-bond acceptors (Lipinski definition) is 4. The molecule has 1 amide bonds. The van der Waals surface area contributed by atoms with Crippen LogP contribution in [-0.2, 0) is 4.79 Å². The molecular weight excluding hydrogens is 372 g/mol. The van der Waals surface area contributed by atoms with Gasteiger partial charge in [-0.3, -0.25) is 9.69 Å². The Balaban J connectivity index is 1.30. The fourth-order valence-corrected chi connectivity index (χ4v) is 4.74. The SMILES string of the molecule is Cc1ccc(N2CCN(CC[C@H]3CC[C@H](NC(=O)CCCC#N)CC3)CC2)cc1C. The number of amides is 1. The summed E-state index contributed by atoms with van der Waals surface area (Å²) >= 11 is 0. The van der Waals surface area contributed by atoms with E-state index in [9.17, 15) is 4.79 Å². The summed E-state index contributed by atoms with van der Waals surface area (Å²) in [5, 5.41) is 11.7. The minimum Gasteiger partial charge on any atom is -0.369 e. The van der Waals surface area contributed by atoms with E-state index < -0.39 is 0 Å². The van der Waals surface area contributed by atoms with Crippen LogP contribution in [0.1, 0.15) is 62.5 Å². The molecule has 5 heteroatoms. The second-order valence-corrected chi connectivity index (χ2v) is 9.18. The number of carbonyl (C=O) groups is 1. The van der Waals surface area contributed by atoms with Gasteiger partial charge in [-0.05, 0) is 88.1 Å². The largest absolute Gasteiger partial charge is 0.369 e. The predicted molar refractivity (Wildman–Crippen MR) is 123 cm³/mol. The minimum absolute atomic E-state index is 0.121. The minimum atomic E-state index is 0.121. The van der Waals surface area contributed by atoms with Gasteiger partial charge < -0.3 is 10.2 Å². The molecule has 2 fully saturated rings. The molecule has 5 nitrogen and oxygen atoms in total. The molecule has 30 heavy (non-hydrogen) atoms. The van der Waals surface area contributed by atoms with Gasteiger partial charge in [0.15, 0.2) is 0 Å². The molecule has 1 saturated carbocycles. The lowest BCUT2D eigenvalue weighted by atomic mass is 9.84. The fraction of sp³-hybridized carbons (Fsp3) is 0.680. The fourth-order valence-electron chi connectivity index (χ4n) is 4.74. The van der Waals surface area contributed by atoms with Crippen molar-refractivity contribution in [2.75, 3.05) is 37.6 Å². The molecule has 1 aliphatic heterocycles. The van der Waals surface area contributed by atoms with E-state index in [4.69, 9.17) is 5.26 Å². The van der Waals surface area contributed by atoms with Crippen LogP contribution in [0.5, 0.6) is 0 Å². The molecule has 1 aliphatic carbocycles. The molecular formula is C25H38N4O. The number of rotatable bonds is 8. The lowest BCUT2D eigenvalue weighted by Gasteiger charge is -2.37. The van der Waals surface area contributed by atoms with Crippen molar-refractivity contribution in [2.24, 2.45) is 5.92 Å². The summed E-state index contributed by atoms with van der Waals surface area (Å²) in [5.41, 5.74) is 4.11. The van der Waals surface area contributed by atoms with E-state index in [1.54, 1.807) is 0 Å². The Morgan fingerprint density at radius 3 is 2.50 bits per heavy atom. The van der Waals surface area contributed by atoms with Crippen molar-refractivity contribution in [3.05, 3.63) is 29.3 Å². The van der Waals surface area contributed by atoms with Gasteiger partial charge >= 0.3 is 0 Å². The Labute approximate surface area is 182 Å². The number of unbranched alkanes of at least 4 members (excludes halogenated alkanes) is 1. The number of anilines is 1. The maximum absolute atomic E-state index is 11.9. The number of piperazine rings is 1. The van der Waals surface area contributed by atoms with E-state index in [-0.39, 0.29) is 5.91 Å². The third-order valence-corrected chi connectivity index (χ3v) is 6.99. The van der Waals surface area contributed by atoms with Crippen LogP contribution in [0.25, 0.3) is 0 Å². The normalized spacial score (nSPS) is 22.5. The molecule has 0 atom stereocenters. The van der Waals surface area contributed by atoms with E-state index in [1.807, 2.05) is 0 Å². The van der Waals surface area contributed by atoms with Crippen molar-refractivity contribution in [1.82, 2.24) is 10.2 Å². The summed E-state index contributed by atoms with van der Waals surface area (Å²) in [4.78, 5) is 17.1. The van der Waals surface area contributed by atoms with Crippen LogP contribution < -0.4 is 10.2 Å². The van der Waals surface area contributed by atoms with Gasteiger partial charge in [0.1, 0.15) is 0 Å². The van der Waals surface area contributed by atoms with Crippen molar-refractivity contribution in [2.45, 2.75) is 71.3 Å². The van der Waals surface area contributed by atoms with Crippen molar-refractivity contribution >= 4 is 11.6 Å². The molecule has 0 spiro atoms. The quantitative estimate of drug-likeness (QED) is 0.653. The Kier molecular flexibility index (Phi) is 8.57. The molecule has 0 unspecified atom stereocenters. The highest BCUT2D eigenvalue weighted by Gasteiger charge is 2.24. The van der Waals surface area contributed by atoms with E-state index in [2.05, 4.69) is 53.2 Å². The smallest absolute Gasteiger partial charge is 0.220 e. The molecule has 0 radical (unpaired) electrons. The number of nitrogens with one attached hydrogen (secondary N) is 1. The summed E-state index contributed by atoms with van der Waals surface area (Å²) in [6, 6.07) is 9.27. The molecule has 0 bridgehead atoms. The highest BCUT2D eigenvalue weighted by atomic mass is 16.1. The van der Waals surface area contributed by atoms with Crippen molar-refractivity contribution in [1.29, 1.82) is 5.26 Å². The first-order valence-electron chi connectivity index (χ1n) is 11.8. The van der Waals surface area contributed by atoms with Gasteiger partial charge in [-0.2, -0.15) is 5.26 Å². The van der Waals surface area contributed by atoms with Gasteiger partial charge in [0.05, 0.1) is 6.07 Å². The van der Waals surface area contributed by atoms with Gasteiger partial charge in [0, 0.05) is 50.7 Å². The Morgan fingerprint density at radius 2 is 1.83 bits per heavy atom. The van der Waals surface area contributed by atoms with Gasteiger partial charge in [-0.25, -0.2) is 0 Å². The zero-order chi connectivity index (χ0) is 21.3. The van der Waals surface area contributed by atoms with Crippen LogP contribution in [-0.4, -0.2) is 49.6 Å². The number of nitrogens with zero attached hydrogens (tertiary/aromatic N) is 3. The second kappa shape index (κ2) is 11.4. The van der Waals surface area contributed by atoms with Crippen LogP contribution in [0, 0.1) is 31.1 Å². The van der Waals surface area contributed by atoms with Gasteiger partial charge in [-0.1, -0.05) is 6.07 Å². The van der Waals surface area contributed by atoms with Crippen molar-refractivity contribution < 1.29 is 4.79 Å². The molecule has 1 aromatic carbocycles. The average molecular weight is 411 g/mol. The van der Waals surface area contributed by atoms with Gasteiger partial charge in [-0.15, -0.1) is 0 Å². The first-order valence-corrected chi connectivity index (χ1v) is 11.8. The zero-order valence-corrected chi connectivity index (χ0v) is 18.8. The number of benzene rings is 1. The maximum atomic E-state index is 11.9. The molecule has 2 aliphatic rings. The summed E-state index contributed by atoms with van der Waals surface area (Å²) in [6.07, 6.45) is 7.59. The summed E-state index contributed by atoms with van der Waals surface area (Å²) in [7, 11) is 0. The Hall–Kier alpha value is -2.06. The van der Waals surface area contributed by atoms with Crippen LogP contribution in [0.2, 0.25) is 0 Å². The van der Waals surface area contributed by atoms with Gasteiger partial charge in [0.2, 0.25) is 5.91 Å². The topological polar surface area (TPSA) is 59.4 Å². The van der Waals surface area contributed by atoms with Crippen LogP contribution >= 0.6 is 0 Å². The highest BCUT2D eigenvalue weighted by molar-refractivity contribution is 5.76. The third-order valence-electron chi connectivity index (χ3n) is 6.99. The first-order chi connectivity index (χ1) is 14.5. The average Bonchev–Trinajstić information content (AvgIpc) is 2.76. The summed E-state index contributed by atoms with van der Waals surface area (Å²) in [6.45, 7) is 10.1. The Bertz CT molecular complexity index is 725. The molecule has 1 saturated heterocycles. The molecule has 1 heterocycles. The molecule has 1 N–H and O–H groups in total. The highest BCUT2D eigenvalue weighted by Crippen LogP contribution is 2.27. The van der Waals surface area contributed by atoms with Crippen molar-refractivity contribution in [3.8, 4) is 6.07 Å². The van der Waals surface area contributed by atoms with E-state index in [0.717, 1.165) is 44.9 Å². The molecule has 0 aromatic heterocycles. The standard InChI is InChI=1S/C25H38N4O/c1-20-6-11-24(19-21(20)2)29-17-15-28(16-18-29)14-12-22-7-9-23(10-8-22)27-25(30)5-3-4-13-26/h6,11,19,22-23H,3-5,7-10,12,14-18H2,1-2H3,(H,27,30)/t22-,23-. The van der Waals surface area contributed by atoms with E-state index in [0.29, 0.717) is 25.3 Å². The maximum Gasteiger partial charge on any atom is 0.220 e. The summed E-state index contributed by atoms with van der Waals surface area (Å²) in [5.74, 6) is 0.921. The van der Waals surface area contributed by atoms with Crippen LogP contribution in [0.3, 0.4) is 0 Å². The Morgan fingerprint density at radius 1 is 1.10 bits per heavy atom. The van der Waals surface area contributed by atoms with Crippen LogP contribution in [0.15, 0.2) is 18.2 Å². The molecule has 3 rings (SSSR count). The number of aryl methyl sites for hydroxylation is 2. The van der Waals surface area contributed by atoms with E-state index >= 15 is 0 Å². The third kappa shape index (κ3) is 6.74. The van der Waals surface area contributed by atoms with Gasteiger partial charge in [0.25, 0.3) is 0 Å². The number of carbonyl (C=O) groups excluding carboxylic acids is 1. The second-order valence-electron chi connectivity index (χ2n) is 9.18. The van der Waals surface area contributed by atoms with Crippen LogP contribution in [0.4, 0.5) is 5.69 Å². The monoisotopic (exact) mass is 410 g/mol. The molecule has 1 aromatic rings. The molecule has 164 valence electrons. The lowest BCUT2D eigenvalue weighted by Crippen LogP contribution is -2.47.